The highest BCUT2D eigenvalue weighted by Crippen LogP contribution is 2.35. The summed E-state index contributed by atoms with van der Waals surface area (Å²) < 4.78 is 11.6. The van der Waals surface area contributed by atoms with Gasteiger partial charge >= 0.3 is 11.9 Å². The summed E-state index contributed by atoms with van der Waals surface area (Å²) in [5.74, 6) is -1.25. The van der Waals surface area contributed by atoms with Crippen LogP contribution >= 0.6 is 0 Å². The fraction of sp³-hybridized carbons (Fsp3) is 0.240. The van der Waals surface area contributed by atoms with Crippen LogP contribution in [0.15, 0.2) is 48.7 Å². The normalized spacial score (nSPS) is 12.9. The number of hydrogen-bond donors (Lipinski definition) is 1. The number of hydrogen-bond acceptors (Lipinski definition) is 6. The lowest BCUT2D eigenvalue weighted by Crippen LogP contribution is -2.19. The number of benzene rings is 2. The van der Waals surface area contributed by atoms with Gasteiger partial charge in [-0.15, -0.1) is 0 Å². The molecule has 0 fully saturated rings. The molecule has 0 radical (unpaired) electrons. The van der Waals surface area contributed by atoms with Crippen LogP contribution in [0.3, 0.4) is 0 Å². The number of nitrogens with zero attached hydrogens (tertiary/aromatic N) is 1. The Bertz CT molecular complexity index is 1250. The minimum atomic E-state index is -0.487. The molecule has 0 spiro atoms. The van der Waals surface area contributed by atoms with E-state index in [1.54, 1.807) is 42.0 Å². The maximum absolute atomic E-state index is 13.8. The third kappa shape index (κ3) is 3.56. The molecular formula is C25H24N2O5. The minimum absolute atomic E-state index is 0.230. The van der Waals surface area contributed by atoms with Crippen molar-refractivity contribution < 1.29 is 23.9 Å². The minimum Gasteiger partial charge on any atom is -0.465 e. The predicted molar refractivity (Wildman–Crippen MR) is 121 cm³/mol. The molecular weight excluding hydrogens is 408 g/mol. The molecule has 1 aliphatic rings. The molecule has 7 heteroatoms. The summed E-state index contributed by atoms with van der Waals surface area (Å²) in [6.07, 6.45) is 2.28. The summed E-state index contributed by atoms with van der Waals surface area (Å²) in [4.78, 5) is 38.4. The summed E-state index contributed by atoms with van der Waals surface area (Å²) in [7, 11) is 1.31. The third-order valence-corrected chi connectivity index (χ3v) is 5.57. The largest absolute Gasteiger partial charge is 0.465 e. The van der Waals surface area contributed by atoms with E-state index in [9.17, 15) is 14.4 Å². The molecule has 0 bridgehead atoms. The van der Waals surface area contributed by atoms with Crippen LogP contribution in [0.25, 0.3) is 16.5 Å². The second kappa shape index (κ2) is 8.70. The molecule has 0 saturated carbocycles. The highest BCUT2D eigenvalue weighted by atomic mass is 16.5. The van der Waals surface area contributed by atoms with Crippen LogP contribution in [0, 0.1) is 6.92 Å². The number of carbonyl (C=O) groups excluding carboxylic acids is 3. The Labute approximate surface area is 185 Å². The number of fused-ring (bicyclic) bond motifs is 3. The van der Waals surface area contributed by atoms with Gasteiger partial charge < -0.3 is 14.8 Å². The van der Waals surface area contributed by atoms with Crippen LogP contribution in [-0.2, 0) is 20.7 Å². The number of rotatable bonds is 4. The lowest BCUT2D eigenvalue weighted by atomic mass is 10.0. The molecule has 2 heterocycles. The Hall–Kier alpha value is -3.87. The summed E-state index contributed by atoms with van der Waals surface area (Å²) in [5.41, 5.74) is 4.21. The number of para-hydroxylation sites is 1. The molecule has 2 aromatic carbocycles. The van der Waals surface area contributed by atoms with Gasteiger partial charge in [0.15, 0.2) is 0 Å². The molecule has 1 aromatic heterocycles. The lowest BCUT2D eigenvalue weighted by molar-refractivity contribution is -0.136. The number of carbonyl (C=O) groups is 3. The van der Waals surface area contributed by atoms with Crippen molar-refractivity contribution in [1.29, 1.82) is 0 Å². The van der Waals surface area contributed by atoms with Crippen molar-refractivity contribution in [2.75, 3.05) is 20.3 Å². The predicted octanol–water partition coefficient (Wildman–Crippen LogP) is 3.47. The van der Waals surface area contributed by atoms with Gasteiger partial charge in [-0.05, 0) is 55.7 Å². The van der Waals surface area contributed by atoms with E-state index in [-0.39, 0.29) is 12.5 Å². The molecule has 0 atom stereocenters. The van der Waals surface area contributed by atoms with Gasteiger partial charge in [0, 0.05) is 23.7 Å². The van der Waals surface area contributed by atoms with Crippen LogP contribution < -0.4 is 5.32 Å². The van der Waals surface area contributed by atoms with E-state index in [1.807, 2.05) is 25.1 Å². The second-order valence-electron chi connectivity index (χ2n) is 7.49. The van der Waals surface area contributed by atoms with Gasteiger partial charge in [-0.3, -0.25) is 9.36 Å². The maximum Gasteiger partial charge on any atom is 0.341 e. The molecule has 4 rings (SSSR count). The molecule has 0 unspecified atom stereocenters. The second-order valence-corrected chi connectivity index (χ2v) is 7.49. The molecule has 3 aromatic rings. The number of aromatic nitrogens is 1. The van der Waals surface area contributed by atoms with Gasteiger partial charge in [0.25, 0.3) is 5.91 Å². The zero-order chi connectivity index (χ0) is 22.8. The molecule has 0 saturated heterocycles. The van der Waals surface area contributed by atoms with Gasteiger partial charge in [0.2, 0.25) is 0 Å². The van der Waals surface area contributed by atoms with Gasteiger partial charge in [-0.2, -0.15) is 0 Å². The highest BCUT2D eigenvalue weighted by Gasteiger charge is 2.30. The van der Waals surface area contributed by atoms with E-state index in [0.717, 1.165) is 22.0 Å². The number of ether oxygens (including phenoxy) is 2. The van der Waals surface area contributed by atoms with Gasteiger partial charge in [0.05, 0.1) is 36.1 Å². The SMILES string of the molecule is CCOC(=O)C1=CNCCc2c1n(C(=O)c1ccc(C(=O)OC)cc1)c1c(C)cccc21. The Morgan fingerprint density at radius 1 is 1.03 bits per heavy atom. The Morgan fingerprint density at radius 3 is 2.44 bits per heavy atom. The first kappa shape index (κ1) is 21.4. The first-order valence-corrected chi connectivity index (χ1v) is 10.4. The number of esters is 2. The van der Waals surface area contributed by atoms with E-state index < -0.39 is 11.9 Å². The van der Waals surface area contributed by atoms with Crippen molar-refractivity contribution in [3.05, 3.63) is 76.6 Å². The first-order chi connectivity index (χ1) is 15.5. The van der Waals surface area contributed by atoms with Crippen LogP contribution in [-0.4, -0.2) is 42.7 Å². The topological polar surface area (TPSA) is 86.6 Å². The fourth-order valence-electron chi connectivity index (χ4n) is 4.11. The fourth-order valence-corrected chi connectivity index (χ4v) is 4.11. The maximum atomic E-state index is 13.8. The van der Waals surface area contributed by atoms with Crippen molar-refractivity contribution in [2.45, 2.75) is 20.3 Å². The zero-order valence-electron chi connectivity index (χ0n) is 18.2. The van der Waals surface area contributed by atoms with E-state index in [1.165, 1.54) is 7.11 Å². The Morgan fingerprint density at radius 2 is 1.75 bits per heavy atom. The Kier molecular flexibility index (Phi) is 5.81. The standard InChI is InChI=1S/C25H24N2O5/c1-4-32-25(30)20-14-26-13-12-19-18-7-5-6-15(2)21(18)27(22(19)20)23(28)16-8-10-17(11-9-16)24(29)31-3/h5-11,14,26H,4,12-13H2,1-3H3. The van der Waals surface area contributed by atoms with Gasteiger partial charge in [-0.25, -0.2) is 9.59 Å². The summed E-state index contributed by atoms with van der Waals surface area (Å²) in [5, 5.41) is 4.07. The number of nitrogens with one attached hydrogen (secondary N) is 1. The molecule has 1 N–H and O–H groups in total. The van der Waals surface area contributed by atoms with Crippen LogP contribution in [0.1, 0.15) is 44.5 Å². The lowest BCUT2D eigenvalue weighted by Gasteiger charge is -2.13. The van der Waals surface area contributed by atoms with E-state index in [4.69, 9.17) is 9.47 Å². The van der Waals surface area contributed by atoms with Crippen LogP contribution in [0.5, 0.6) is 0 Å². The summed E-state index contributed by atoms with van der Waals surface area (Å²) >= 11 is 0. The van der Waals surface area contributed by atoms with Crippen molar-refractivity contribution in [1.82, 2.24) is 9.88 Å². The van der Waals surface area contributed by atoms with E-state index in [2.05, 4.69) is 5.32 Å². The van der Waals surface area contributed by atoms with E-state index in [0.29, 0.717) is 35.4 Å². The van der Waals surface area contributed by atoms with Crippen LogP contribution in [0.4, 0.5) is 0 Å². The molecule has 164 valence electrons. The molecule has 32 heavy (non-hydrogen) atoms. The number of methoxy groups -OCH3 is 1. The zero-order valence-corrected chi connectivity index (χ0v) is 18.2. The van der Waals surface area contributed by atoms with Crippen molar-refractivity contribution in [3.8, 4) is 0 Å². The Balaban J connectivity index is 1.95. The molecule has 7 nitrogen and oxygen atoms in total. The van der Waals surface area contributed by atoms with Gasteiger partial charge in [-0.1, -0.05) is 18.2 Å². The van der Waals surface area contributed by atoms with Crippen molar-refractivity contribution in [2.24, 2.45) is 0 Å². The monoisotopic (exact) mass is 432 g/mol. The summed E-state index contributed by atoms with van der Waals surface area (Å²) in [6, 6.07) is 12.2. The van der Waals surface area contributed by atoms with Crippen molar-refractivity contribution >= 4 is 34.3 Å². The van der Waals surface area contributed by atoms with Gasteiger partial charge in [0.1, 0.15) is 0 Å². The summed E-state index contributed by atoms with van der Waals surface area (Å²) in [6.45, 7) is 4.55. The smallest absolute Gasteiger partial charge is 0.341 e. The molecule has 0 amide bonds. The van der Waals surface area contributed by atoms with Crippen molar-refractivity contribution in [3.63, 3.8) is 0 Å². The quantitative estimate of drug-likeness (QED) is 0.636. The molecule has 0 aliphatic carbocycles. The highest BCUT2D eigenvalue weighted by molar-refractivity contribution is 6.20. The molecule has 1 aliphatic heterocycles. The first-order valence-electron chi connectivity index (χ1n) is 10.4. The average Bonchev–Trinajstić information content (AvgIpc) is 2.97. The van der Waals surface area contributed by atoms with E-state index >= 15 is 0 Å². The average molecular weight is 432 g/mol. The number of aryl methyl sites for hydroxylation is 1. The van der Waals surface area contributed by atoms with Crippen LogP contribution in [0.2, 0.25) is 0 Å². The third-order valence-electron chi connectivity index (χ3n) is 5.57.